The van der Waals surface area contributed by atoms with Crippen LogP contribution in [0.1, 0.15) is 21.6 Å². The van der Waals surface area contributed by atoms with Gasteiger partial charge in [0.1, 0.15) is 5.75 Å². The average molecular weight is 336 g/mol. The number of hydrogen-bond acceptors (Lipinski definition) is 4. The van der Waals surface area contributed by atoms with E-state index in [9.17, 15) is 4.79 Å². The van der Waals surface area contributed by atoms with Crippen LogP contribution in [0.15, 0.2) is 48.8 Å². The Morgan fingerprint density at radius 1 is 1.16 bits per heavy atom. The van der Waals surface area contributed by atoms with E-state index in [4.69, 9.17) is 4.74 Å². The number of hydrogen-bond donors (Lipinski definition) is 2. The minimum Gasteiger partial charge on any atom is -0.497 e. The van der Waals surface area contributed by atoms with Crippen LogP contribution in [0.2, 0.25) is 0 Å². The molecule has 0 bridgehead atoms. The maximum absolute atomic E-state index is 12.5. The van der Waals surface area contributed by atoms with E-state index >= 15 is 0 Å². The van der Waals surface area contributed by atoms with E-state index in [0.29, 0.717) is 17.8 Å². The Bertz CT molecular complexity index is 839. The van der Waals surface area contributed by atoms with Crippen LogP contribution in [-0.2, 0) is 6.42 Å². The zero-order chi connectivity index (χ0) is 17.6. The molecule has 2 N–H and O–H groups in total. The fourth-order valence-electron chi connectivity index (χ4n) is 2.50. The highest BCUT2D eigenvalue weighted by molar-refractivity contribution is 5.99. The zero-order valence-corrected chi connectivity index (χ0v) is 14.2. The molecule has 1 amide bonds. The maximum atomic E-state index is 12.5. The number of aryl methyl sites for hydroxylation is 1. The van der Waals surface area contributed by atoms with Gasteiger partial charge in [-0.3, -0.25) is 14.9 Å². The van der Waals surface area contributed by atoms with Crippen LogP contribution < -0.4 is 10.1 Å². The van der Waals surface area contributed by atoms with Crippen LogP contribution >= 0.6 is 0 Å². The van der Waals surface area contributed by atoms with Crippen LogP contribution in [-0.4, -0.2) is 34.7 Å². The highest BCUT2D eigenvalue weighted by Crippen LogP contribution is 2.23. The lowest BCUT2D eigenvalue weighted by Crippen LogP contribution is -2.25. The molecule has 0 spiro atoms. The first-order valence-corrected chi connectivity index (χ1v) is 8.05. The number of rotatable bonds is 6. The van der Waals surface area contributed by atoms with E-state index in [1.165, 1.54) is 0 Å². The molecule has 3 aromatic rings. The van der Waals surface area contributed by atoms with Gasteiger partial charge in [-0.2, -0.15) is 5.10 Å². The quantitative estimate of drug-likeness (QED) is 0.725. The Kier molecular flexibility index (Phi) is 5.09. The van der Waals surface area contributed by atoms with Crippen LogP contribution in [0.25, 0.3) is 11.3 Å². The van der Waals surface area contributed by atoms with E-state index < -0.39 is 0 Å². The predicted molar refractivity (Wildman–Crippen MR) is 95.6 cm³/mol. The average Bonchev–Trinajstić information content (AvgIpc) is 3.13. The lowest BCUT2D eigenvalue weighted by atomic mass is 10.1. The number of nitrogens with one attached hydrogen (secondary N) is 2. The Balaban J connectivity index is 1.64. The lowest BCUT2D eigenvalue weighted by Gasteiger charge is -2.07. The SMILES string of the molecule is COc1ccc(-c2[nH]ncc2C(=O)NCCc2ccc(C)nc2)cc1. The van der Waals surface area contributed by atoms with Gasteiger partial charge in [0, 0.05) is 24.0 Å². The van der Waals surface area contributed by atoms with Crippen molar-refractivity contribution in [1.82, 2.24) is 20.5 Å². The van der Waals surface area contributed by atoms with Crippen molar-refractivity contribution in [2.24, 2.45) is 0 Å². The first kappa shape index (κ1) is 16.7. The molecular formula is C19H20N4O2. The van der Waals surface area contributed by atoms with Gasteiger partial charge in [0.15, 0.2) is 0 Å². The maximum Gasteiger partial charge on any atom is 0.255 e. The Labute approximate surface area is 146 Å². The number of H-pyrrole nitrogens is 1. The van der Waals surface area contributed by atoms with Crippen LogP contribution in [0.3, 0.4) is 0 Å². The van der Waals surface area contributed by atoms with Crippen molar-refractivity contribution in [3.8, 4) is 17.0 Å². The third kappa shape index (κ3) is 4.03. The van der Waals surface area contributed by atoms with Gasteiger partial charge in [-0.15, -0.1) is 0 Å². The number of aromatic nitrogens is 3. The van der Waals surface area contributed by atoms with Crippen molar-refractivity contribution in [1.29, 1.82) is 0 Å². The van der Waals surface area contributed by atoms with Crippen molar-refractivity contribution >= 4 is 5.91 Å². The molecule has 0 aliphatic rings. The molecule has 2 heterocycles. The number of benzene rings is 1. The summed E-state index contributed by atoms with van der Waals surface area (Å²) >= 11 is 0. The smallest absolute Gasteiger partial charge is 0.255 e. The summed E-state index contributed by atoms with van der Waals surface area (Å²) in [6, 6.07) is 11.5. The normalized spacial score (nSPS) is 10.5. The second-order valence-electron chi connectivity index (χ2n) is 5.70. The highest BCUT2D eigenvalue weighted by atomic mass is 16.5. The van der Waals surface area contributed by atoms with E-state index in [1.54, 1.807) is 13.3 Å². The summed E-state index contributed by atoms with van der Waals surface area (Å²) in [7, 11) is 1.62. The first-order chi connectivity index (χ1) is 12.2. The number of ether oxygens (including phenoxy) is 1. The van der Waals surface area contributed by atoms with Gasteiger partial charge < -0.3 is 10.1 Å². The van der Waals surface area contributed by atoms with E-state index in [0.717, 1.165) is 29.0 Å². The van der Waals surface area contributed by atoms with Gasteiger partial charge in [0.2, 0.25) is 0 Å². The van der Waals surface area contributed by atoms with E-state index in [1.807, 2.05) is 49.5 Å². The third-order valence-corrected chi connectivity index (χ3v) is 3.93. The van der Waals surface area contributed by atoms with Crippen LogP contribution in [0.4, 0.5) is 0 Å². The molecule has 6 heteroatoms. The summed E-state index contributed by atoms with van der Waals surface area (Å²) in [6.45, 7) is 2.49. The van der Waals surface area contributed by atoms with Crippen molar-refractivity contribution in [3.05, 3.63) is 65.6 Å². The highest BCUT2D eigenvalue weighted by Gasteiger charge is 2.15. The number of carbonyl (C=O) groups excluding carboxylic acids is 1. The van der Waals surface area contributed by atoms with Gasteiger partial charge in [0.25, 0.3) is 5.91 Å². The van der Waals surface area contributed by atoms with Gasteiger partial charge >= 0.3 is 0 Å². The van der Waals surface area contributed by atoms with Crippen molar-refractivity contribution < 1.29 is 9.53 Å². The Hall–Kier alpha value is -3.15. The molecule has 2 aromatic heterocycles. The number of aromatic amines is 1. The number of nitrogens with zero attached hydrogens (tertiary/aromatic N) is 2. The predicted octanol–water partition coefficient (Wildman–Crippen LogP) is 2.76. The molecule has 0 saturated carbocycles. The summed E-state index contributed by atoms with van der Waals surface area (Å²) in [5.74, 6) is 0.612. The fraction of sp³-hybridized carbons (Fsp3) is 0.211. The van der Waals surface area contributed by atoms with Crippen LogP contribution in [0.5, 0.6) is 5.75 Å². The summed E-state index contributed by atoms with van der Waals surface area (Å²) in [4.78, 5) is 16.7. The van der Waals surface area contributed by atoms with E-state index in [-0.39, 0.29) is 5.91 Å². The first-order valence-electron chi connectivity index (χ1n) is 8.05. The molecule has 128 valence electrons. The fourth-order valence-corrected chi connectivity index (χ4v) is 2.50. The van der Waals surface area contributed by atoms with Crippen molar-refractivity contribution in [3.63, 3.8) is 0 Å². The Morgan fingerprint density at radius 3 is 2.64 bits per heavy atom. The molecule has 0 radical (unpaired) electrons. The minimum atomic E-state index is -0.153. The van der Waals surface area contributed by atoms with Gasteiger partial charge in [-0.25, -0.2) is 0 Å². The molecule has 0 saturated heterocycles. The summed E-state index contributed by atoms with van der Waals surface area (Å²) in [5, 5.41) is 9.83. The molecule has 6 nitrogen and oxygen atoms in total. The van der Waals surface area contributed by atoms with Crippen molar-refractivity contribution in [2.45, 2.75) is 13.3 Å². The summed E-state index contributed by atoms with van der Waals surface area (Å²) in [6.07, 6.45) is 4.11. The number of methoxy groups -OCH3 is 1. The molecule has 0 unspecified atom stereocenters. The lowest BCUT2D eigenvalue weighted by molar-refractivity contribution is 0.0955. The summed E-state index contributed by atoms with van der Waals surface area (Å²) in [5.41, 5.74) is 4.17. The molecule has 0 aliphatic carbocycles. The van der Waals surface area contributed by atoms with Gasteiger partial charge in [-0.1, -0.05) is 6.07 Å². The third-order valence-electron chi connectivity index (χ3n) is 3.93. The molecule has 0 fully saturated rings. The monoisotopic (exact) mass is 336 g/mol. The second kappa shape index (κ2) is 7.61. The molecular weight excluding hydrogens is 316 g/mol. The topological polar surface area (TPSA) is 79.9 Å². The number of amides is 1. The second-order valence-corrected chi connectivity index (χ2v) is 5.70. The largest absolute Gasteiger partial charge is 0.497 e. The van der Waals surface area contributed by atoms with Crippen LogP contribution in [0, 0.1) is 6.92 Å². The van der Waals surface area contributed by atoms with Crippen molar-refractivity contribution in [2.75, 3.05) is 13.7 Å². The minimum absolute atomic E-state index is 0.153. The van der Waals surface area contributed by atoms with E-state index in [2.05, 4.69) is 20.5 Å². The summed E-state index contributed by atoms with van der Waals surface area (Å²) < 4.78 is 5.16. The molecule has 25 heavy (non-hydrogen) atoms. The zero-order valence-electron chi connectivity index (χ0n) is 14.2. The molecule has 0 atom stereocenters. The standard InChI is InChI=1S/C19H20N4O2/c1-13-3-4-14(11-21-13)9-10-20-19(24)17-12-22-23-18(17)15-5-7-16(25-2)8-6-15/h3-8,11-12H,9-10H2,1-2H3,(H,20,24)(H,22,23). The molecule has 3 rings (SSSR count). The van der Waals surface area contributed by atoms with Gasteiger partial charge in [-0.05, 0) is 49.2 Å². The molecule has 1 aromatic carbocycles. The molecule has 0 aliphatic heterocycles. The number of carbonyl (C=O) groups is 1. The Morgan fingerprint density at radius 2 is 1.96 bits per heavy atom. The number of pyridine rings is 1. The van der Waals surface area contributed by atoms with Gasteiger partial charge in [0.05, 0.1) is 24.6 Å².